The largest absolute Gasteiger partial charge is 0.458 e. The Kier molecular flexibility index (Phi) is 1.76. The Balaban J connectivity index is 2.99. The van der Waals surface area contributed by atoms with Crippen molar-refractivity contribution in [1.82, 2.24) is 0 Å². The minimum absolute atomic E-state index is 0.00944. The fourth-order valence-electron chi connectivity index (χ4n) is 0.650. The Hall–Kier alpha value is -1.58. The summed E-state index contributed by atoms with van der Waals surface area (Å²) in [5.41, 5.74) is 5.24. The second kappa shape index (κ2) is 2.57. The number of Topliss-reactive ketones (excluding diaryl/α,β-unsaturated/α-hetero) is 1. The smallest absolute Gasteiger partial charge is 0.284 e. The Bertz CT molecular complexity index is 272. The molecular weight excluding hydrogens is 146 g/mol. The second-order valence-electron chi connectivity index (χ2n) is 2.12. The topological polar surface area (TPSA) is 73.3 Å². The summed E-state index contributed by atoms with van der Waals surface area (Å²) >= 11 is 0. The molecule has 0 fully saturated rings. The molecular formula is C7H7NO3. The highest BCUT2D eigenvalue weighted by Gasteiger charge is 2.08. The van der Waals surface area contributed by atoms with E-state index in [-0.39, 0.29) is 11.5 Å². The normalized spacial score (nSPS) is 9.55. The Morgan fingerprint density at radius 2 is 2.18 bits per heavy atom. The van der Waals surface area contributed by atoms with Gasteiger partial charge in [-0.3, -0.25) is 9.59 Å². The predicted octanol–water partition coefficient (Wildman–Crippen LogP) is 0.581. The molecule has 0 aliphatic rings. The highest BCUT2D eigenvalue weighted by atomic mass is 16.3. The molecule has 2 N–H and O–H groups in total. The predicted molar refractivity (Wildman–Crippen MR) is 37.2 cm³/mol. The maximum atomic E-state index is 10.7. The van der Waals surface area contributed by atoms with Crippen molar-refractivity contribution in [1.29, 1.82) is 0 Å². The quantitative estimate of drug-likeness (QED) is 0.631. The van der Waals surface area contributed by atoms with Gasteiger partial charge in [-0.1, -0.05) is 0 Å². The summed E-state index contributed by atoms with van der Waals surface area (Å²) in [7, 11) is 0. The third kappa shape index (κ3) is 1.46. The maximum Gasteiger partial charge on any atom is 0.284 e. The molecule has 1 heterocycles. The van der Waals surface area contributed by atoms with Crippen molar-refractivity contribution in [3.8, 4) is 0 Å². The van der Waals surface area contributed by atoms with E-state index in [2.05, 4.69) is 0 Å². The number of nitrogens with two attached hydrogens (primary N) is 1. The van der Waals surface area contributed by atoms with Gasteiger partial charge in [-0.05, 0) is 6.92 Å². The lowest BCUT2D eigenvalue weighted by atomic mass is 10.2. The first kappa shape index (κ1) is 7.53. The number of rotatable bonds is 2. The standard InChI is InChI=1S/C7H7NO3/c1-4(9)5-2-6(7(8)10)11-3-5/h2-3H,1H3,(H2,8,10). The molecule has 4 nitrogen and oxygen atoms in total. The van der Waals surface area contributed by atoms with E-state index >= 15 is 0 Å². The minimum Gasteiger partial charge on any atom is -0.458 e. The van der Waals surface area contributed by atoms with E-state index in [1.165, 1.54) is 19.3 Å². The second-order valence-corrected chi connectivity index (χ2v) is 2.12. The van der Waals surface area contributed by atoms with Gasteiger partial charge in [-0.2, -0.15) is 0 Å². The summed E-state index contributed by atoms with van der Waals surface area (Å²) in [6.45, 7) is 1.38. The number of hydrogen-bond donors (Lipinski definition) is 1. The van der Waals surface area contributed by atoms with Crippen LogP contribution in [-0.2, 0) is 0 Å². The average Bonchev–Trinajstić information content (AvgIpc) is 2.33. The van der Waals surface area contributed by atoms with Crippen LogP contribution in [0.25, 0.3) is 0 Å². The Labute approximate surface area is 63.0 Å². The summed E-state index contributed by atoms with van der Waals surface area (Å²) in [5.74, 6) is -0.811. The molecule has 0 aliphatic heterocycles. The van der Waals surface area contributed by atoms with E-state index in [1.54, 1.807) is 0 Å². The molecule has 1 rings (SSSR count). The van der Waals surface area contributed by atoms with E-state index in [9.17, 15) is 9.59 Å². The van der Waals surface area contributed by atoms with E-state index in [0.717, 1.165) is 0 Å². The first-order valence-corrected chi connectivity index (χ1v) is 3.00. The first-order valence-electron chi connectivity index (χ1n) is 3.00. The molecule has 1 amide bonds. The number of carbonyl (C=O) groups is 2. The summed E-state index contributed by atoms with van der Waals surface area (Å²) in [6, 6.07) is 1.32. The fraction of sp³-hybridized carbons (Fsp3) is 0.143. The number of hydrogen-bond acceptors (Lipinski definition) is 3. The highest BCUT2D eigenvalue weighted by molar-refractivity contribution is 5.97. The number of furan rings is 1. The van der Waals surface area contributed by atoms with Gasteiger partial charge in [0, 0.05) is 6.07 Å². The van der Waals surface area contributed by atoms with Gasteiger partial charge in [0.1, 0.15) is 6.26 Å². The van der Waals surface area contributed by atoms with Crippen molar-refractivity contribution in [2.24, 2.45) is 5.73 Å². The van der Waals surface area contributed by atoms with Crippen LogP contribution < -0.4 is 5.73 Å². The number of amides is 1. The van der Waals surface area contributed by atoms with Gasteiger partial charge in [0.05, 0.1) is 5.56 Å². The van der Waals surface area contributed by atoms with E-state index in [0.29, 0.717) is 5.56 Å². The molecule has 0 aliphatic carbocycles. The van der Waals surface area contributed by atoms with Crippen molar-refractivity contribution in [3.63, 3.8) is 0 Å². The molecule has 0 spiro atoms. The van der Waals surface area contributed by atoms with Gasteiger partial charge < -0.3 is 10.2 Å². The fourth-order valence-corrected chi connectivity index (χ4v) is 0.650. The van der Waals surface area contributed by atoms with Crippen LogP contribution in [0.3, 0.4) is 0 Å². The van der Waals surface area contributed by atoms with Crippen molar-refractivity contribution < 1.29 is 14.0 Å². The van der Waals surface area contributed by atoms with Gasteiger partial charge >= 0.3 is 0 Å². The summed E-state index contributed by atoms with van der Waals surface area (Å²) < 4.78 is 4.69. The zero-order valence-electron chi connectivity index (χ0n) is 5.96. The van der Waals surface area contributed by atoms with Gasteiger partial charge in [0.2, 0.25) is 0 Å². The van der Waals surface area contributed by atoms with Crippen LogP contribution >= 0.6 is 0 Å². The van der Waals surface area contributed by atoms with Gasteiger partial charge in [-0.25, -0.2) is 0 Å². The number of ketones is 1. The van der Waals surface area contributed by atoms with Crippen LogP contribution in [0.5, 0.6) is 0 Å². The van der Waals surface area contributed by atoms with E-state index in [1.807, 2.05) is 0 Å². The lowest BCUT2D eigenvalue weighted by Crippen LogP contribution is -2.09. The Morgan fingerprint density at radius 3 is 2.45 bits per heavy atom. The lowest BCUT2D eigenvalue weighted by molar-refractivity contribution is 0.0972. The summed E-state index contributed by atoms with van der Waals surface area (Å²) in [6.07, 6.45) is 1.21. The third-order valence-electron chi connectivity index (χ3n) is 1.25. The summed E-state index contributed by atoms with van der Waals surface area (Å²) in [5, 5.41) is 0. The zero-order chi connectivity index (χ0) is 8.43. The molecule has 4 heteroatoms. The van der Waals surface area contributed by atoms with E-state index < -0.39 is 5.91 Å². The zero-order valence-corrected chi connectivity index (χ0v) is 5.96. The van der Waals surface area contributed by atoms with Crippen molar-refractivity contribution in [3.05, 3.63) is 23.7 Å². The molecule has 0 radical (unpaired) electrons. The van der Waals surface area contributed by atoms with Crippen LogP contribution in [0.2, 0.25) is 0 Å². The molecule has 0 bridgehead atoms. The number of carbonyl (C=O) groups excluding carboxylic acids is 2. The number of primary amides is 1. The molecule has 0 unspecified atom stereocenters. The van der Waals surface area contributed by atoms with Crippen LogP contribution in [0.1, 0.15) is 27.8 Å². The molecule has 58 valence electrons. The Morgan fingerprint density at radius 1 is 1.55 bits per heavy atom. The van der Waals surface area contributed by atoms with E-state index in [4.69, 9.17) is 10.2 Å². The monoisotopic (exact) mass is 153 g/mol. The average molecular weight is 153 g/mol. The van der Waals surface area contributed by atoms with Gasteiger partial charge in [0.15, 0.2) is 11.5 Å². The van der Waals surface area contributed by atoms with Crippen molar-refractivity contribution in [2.45, 2.75) is 6.92 Å². The van der Waals surface area contributed by atoms with Crippen molar-refractivity contribution >= 4 is 11.7 Å². The van der Waals surface area contributed by atoms with Gasteiger partial charge in [0.25, 0.3) is 5.91 Å². The highest BCUT2D eigenvalue weighted by Crippen LogP contribution is 2.06. The van der Waals surface area contributed by atoms with Gasteiger partial charge in [-0.15, -0.1) is 0 Å². The maximum absolute atomic E-state index is 10.7. The molecule has 0 atom stereocenters. The van der Waals surface area contributed by atoms with Crippen LogP contribution in [0, 0.1) is 0 Å². The lowest BCUT2D eigenvalue weighted by Gasteiger charge is -1.81. The van der Waals surface area contributed by atoms with Crippen LogP contribution in [0.4, 0.5) is 0 Å². The third-order valence-corrected chi connectivity index (χ3v) is 1.25. The molecule has 0 saturated carbocycles. The molecule has 0 aromatic carbocycles. The first-order chi connectivity index (χ1) is 5.11. The molecule has 11 heavy (non-hydrogen) atoms. The molecule has 1 aromatic rings. The van der Waals surface area contributed by atoms with Crippen molar-refractivity contribution in [2.75, 3.05) is 0 Å². The minimum atomic E-state index is -0.669. The SMILES string of the molecule is CC(=O)c1coc(C(N)=O)c1. The molecule has 0 saturated heterocycles. The molecule has 1 aromatic heterocycles. The van der Waals surface area contributed by atoms with Crippen LogP contribution in [-0.4, -0.2) is 11.7 Å². The van der Waals surface area contributed by atoms with Crippen LogP contribution in [0.15, 0.2) is 16.7 Å². The summed E-state index contributed by atoms with van der Waals surface area (Å²) in [4.78, 5) is 21.1.